The number of rotatable bonds is 7. The van der Waals surface area contributed by atoms with E-state index in [1.54, 1.807) is 6.08 Å². The molecule has 2 aliphatic heterocycles. The van der Waals surface area contributed by atoms with Crippen LogP contribution >= 0.6 is 0 Å². The van der Waals surface area contributed by atoms with Crippen molar-refractivity contribution in [2.24, 2.45) is 5.92 Å². The first-order valence-electron chi connectivity index (χ1n) is 12.7. The second-order valence-electron chi connectivity index (χ2n) is 9.50. The van der Waals surface area contributed by atoms with E-state index in [0.29, 0.717) is 45.4 Å². The maximum absolute atomic E-state index is 13.0. The smallest absolute Gasteiger partial charge is 0.246 e. The van der Waals surface area contributed by atoms with E-state index >= 15 is 0 Å². The number of carbonyl (C=O) groups excluding carboxylic acids is 3. The Kier molecular flexibility index (Phi) is 8.71. The Bertz CT molecular complexity index is 1010. The fourth-order valence-electron chi connectivity index (χ4n) is 4.89. The van der Waals surface area contributed by atoms with Crippen molar-refractivity contribution in [1.82, 2.24) is 15.1 Å². The maximum atomic E-state index is 13.0. The minimum absolute atomic E-state index is 0.00331. The number of piperidine rings is 2. The highest BCUT2D eigenvalue weighted by Gasteiger charge is 2.32. The Morgan fingerprint density at radius 3 is 2.06 bits per heavy atom. The number of hydrogen-bond donors (Lipinski definition) is 1. The summed E-state index contributed by atoms with van der Waals surface area (Å²) in [5.41, 5.74) is 2.17. The molecule has 0 bridgehead atoms. The van der Waals surface area contributed by atoms with Gasteiger partial charge in [0.1, 0.15) is 0 Å². The van der Waals surface area contributed by atoms with Crippen LogP contribution in [0.15, 0.2) is 66.7 Å². The lowest BCUT2D eigenvalue weighted by Crippen LogP contribution is -2.49. The van der Waals surface area contributed by atoms with Crippen molar-refractivity contribution >= 4 is 23.8 Å². The summed E-state index contributed by atoms with van der Waals surface area (Å²) in [5, 5.41) is 3.14. The van der Waals surface area contributed by atoms with E-state index in [2.05, 4.69) is 5.32 Å². The van der Waals surface area contributed by atoms with Crippen molar-refractivity contribution in [2.75, 3.05) is 26.2 Å². The second-order valence-corrected chi connectivity index (χ2v) is 9.50. The molecule has 0 spiro atoms. The van der Waals surface area contributed by atoms with Gasteiger partial charge in [0.2, 0.25) is 17.7 Å². The Morgan fingerprint density at radius 2 is 1.40 bits per heavy atom. The third-order valence-electron chi connectivity index (χ3n) is 7.03. The highest BCUT2D eigenvalue weighted by Crippen LogP contribution is 2.22. The third kappa shape index (κ3) is 7.28. The predicted octanol–water partition coefficient (Wildman–Crippen LogP) is 3.68. The zero-order valence-corrected chi connectivity index (χ0v) is 20.3. The summed E-state index contributed by atoms with van der Waals surface area (Å²) in [6.45, 7) is 2.59. The molecule has 0 aromatic heterocycles. The van der Waals surface area contributed by atoms with Gasteiger partial charge in [-0.2, -0.15) is 0 Å². The average molecular weight is 474 g/mol. The number of nitrogens with zero attached hydrogens (tertiary/aromatic N) is 2. The normalized spacial score (nSPS) is 17.5. The first kappa shape index (κ1) is 24.7. The largest absolute Gasteiger partial charge is 0.353 e. The number of hydrogen-bond acceptors (Lipinski definition) is 3. The van der Waals surface area contributed by atoms with Crippen molar-refractivity contribution in [3.63, 3.8) is 0 Å². The zero-order chi connectivity index (χ0) is 24.5. The van der Waals surface area contributed by atoms with Crippen LogP contribution in [0, 0.1) is 5.92 Å². The first-order chi connectivity index (χ1) is 17.1. The van der Waals surface area contributed by atoms with Crippen LogP contribution in [0.5, 0.6) is 0 Å². The Labute approximate surface area is 208 Å². The van der Waals surface area contributed by atoms with Crippen LogP contribution in [-0.4, -0.2) is 59.7 Å². The Hall–Kier alpha value is -3.41. The van der Waals surface area contributed by atoms with Crippen molar-refractivity contribution in [2.45, 2.75) is 44.6 Å². The van der Waals surface area contributed by atoms with Crippen LogP contribution in [0.1, 0.15) is 43.2 Å². The summed E-state index contributed by atoms with van der Waals surface area (Å²) >= 11 is 0. The highest BCUT2D eigenvalue weighted by molar-refractivity contribution is 5.92. The van der Waals surface area contributed by atoms with Crippen LogP contribution < -0.4 is 5.32 Å². The van der Waals surface area contributed by atoms with Gasteiger partial charge in [-0.05, 0) is 49.3 Å². The number of likely N-dealkylation sites (tertiary alicyclic amines) is 2. The van der Waals surface area contributed by atoms with Crippen molar-refractivity contribution in [3.05, 3.63) is 77.9 Å². The predicted molar refractivity (Wildman–Crippen MR) is 137 cm³/mol. The van der Waals surface area contributed by atoms with Crippen LogP contribution in [0.25, 0.3) is 6.08 Å². The standard InChI is InChI=1S/C29H35N3O3/c33-27(13-11-23-7-3-1-4-8-23)30-26-17-21-32(22-18-26)29(35)25-15-19-31(20-16-25)28(34)14-12-24-9-5-2-6-10-24/h1-10,12,14,25-26H,11,13,15-22H2,(H,30,33)/b14-12+. The molecule has 4 rings (SSSR count). The molecule has 2 heterocycles. The number of aryl methyl sites for hydroxylation is 1. The van der Waals surface area contributed by atoms with Gasteiger partial charge in [0.15, 0.2) is 0 Å². The summed E-state index contributed by atoms with van der Waals surface area (Å²) in [5.74, 6) is 0.264. The van der Waals surface area contributed by atoms with Gasteiger partial charge in [-0.15, -0.1) is 0 Å². The van der Waals surface area contributed by atoms with Gasteiger partial charge >= 0.3 is 0 Å². The van der Waals surface area contributed by atoms with Crippen LogP contribution in [-0.2, 0) is 20.8 Å². The van der Waals surface area contributed by atoms with E-state index in [9.17, 15) is 14.4 Å². The molecule has 2 aromatic carbocycles. The molecule has 0 atom stereocenters. The SMILES string of the molecule is O=C(CCc1ccccc1)NC1CCN(C(=O)C2CCN(C(=O)/C=C/c3ccccc3)CC2)CC1. The zero-order valence-electron chi connectivity index (χ0n) is 20.3. The van der Waals surface area contributed by atoms with Gasteiger partial charge in [-0.3, -0.25) is 14.4 Å². The molecule has 3 amide bonds. The monoisotopic (exact) mass is 473 g/mol. The van der Waals surface area contributed by atoms with Gasteiger partial charge in [0, 0.05) is 50.6 Å². The van der Waals surface area contributed by atoms with Crippen LogP contribution in [0.3, 0.4) is 0 Å². The summed E-state index contributed by atoms with van der Waals surface area (Å²) < 4.78 is 0. The highest BCUT2D eigenvalue weighted by atomic mass is 16.2. The minimum atomic E-state index is -0.0193. The molecule has 2 saturated heterocycles. The molecule has 0 unspecified atom stereocenters. The van der Waals surface area contributed by atoms with E-state index in [4.69, 9.17) is 0 Å². The molecule has 0 saturated carbocycles. The lowest BCUT2D eigenvalue weighted by molar-refractivity contribution is -0.140. The van der Waals surface area contributed by atoms with Crippen LogP contribution in [0.4, 0.5) is 0 Å². The van der Waals surface area contributed by atoms with E-state index in [0.717, 1.165) is 24.8 Å². The topological polar surface area (TPSA) is 69.7 Å². The van der Waals surface area contributed by atoms with E-state index in [1.807, 2.05) is 76.5 Å². The summed E-state index contributed by atoms with van der Waals surface area (Å²) in [4.78, 5) is 41.7. The van der Waals surface area contributed by atoms with Gasteiger partial charge in [-0.1, -0.05) is 60.7 Å². The molecule has 35 heavy (non-hydrogen) atoms. The van der Waals surface area contributed by atoms with E-state index in [-0.39, 0.29) is 29.7 Å². The van der Waals surface area contributed by atoms with Gasteiger partial charge in [-0.25, -0.2) is 0 Å². The van der Waals surface area contributed by atoms with Gasteiger partial charge < -0.3 is 15.1 Å². The molecular formula is C29H35N3O3. The first-order valence-corrected chi connectivity index (χ1v) is 12.7. The second kappa shape index (κ2) is 12.3. The fraction of sp³-hybridized carbons (Fsp3) is 0.414. The quantitative estimate of drug-likeness (QED) is 0.624. The summed E-state index contributed by atoms with van der Waals surface area (Å²) in [6, 6.07) is 20.0. The molecule has 6 nitrogen and oxygen atoms in total. The molecule has 2 fully saturated rings. The minimum Gasteiger partial charge on any atom is -0.353 e. The number of carbonyl (C=O) groups is 3. The van der Waals surface area contributed by atoms with E-state index in [1.165, 1.54) is 5.56 Å². The van der Waals surface area contributed by atoms with Crippen molar-refractivity contribution in [1.29, 1.82) is 0 Å². The molecule has 2 aliphatic rings. The molecule has 6 heteroatoms. The molecule has 1 N–H and O–H groups in total. The molecule has 2 aromatic rings. The lowest BCUT2D eigenvalue weighted by atomic mass is 9.93. The van der Waals surface area contributed by atoms with Crippen LogP contribution in [0.2, 0.25) is 0 Å². The summed E-state index contributed by atoms with van der Waals surface area (Å²) in [7, 11) is 0. The third-order valence-corrected chi connectivity index (χ3v) is 7.03. The van der Waals surface area contributed by atoms with E-state index < -0.39 is 0 Å². The Morgan fingerprint density at radius 1 is 0.800 bits per heavy atom. The van der Waals surface area contributed by atoms with Gasteiger partial charge in [0.05, 0.1) is 0 Å². The molecule has 0 radical (unpaired) electrons. The fourth-order valence-corrected chi connectivity index (χ4v) is 4.89. The maximum Gasteiger partial charge on any atom is 0.246 e. The molecule has 0 aliphatic carbocycles. The lowest BCUT2D eigenvalue weighted by Gasteiger charge is -2.37. The molecule has 184 valence electrons. The summed E-state index contributed by atoms with van der Waals surface area (Å²) in [6.07, 6.45) is 7.70. The number of nitrogens with one attached hydrogen (secondary N) is 1. The molecular weight excluding hydrogens is 438 g/mol. The van der Waals surface area contributed by atoms with Gasteiger partial charge in [0.25, 0.3) is 0 Å². The van der Waals surface area contributed by atoms with Crippen molar-refractivity contribution < 1.29 is 14.4 Å². The number of amides is 3. The average Bonchev–Trinajstić information content (AvgIpc) is 2.92. The van der Waals surface area contributed by atoms with Crippen molar-refractivity contribution in [3.8, 4) is 0 Å². The Balaban J connectivity index is 1.15. The number of benzene rings is 2.